The fourth-order valence-corrected chi connectivity index (χ4v) is 1.65. The van der Waals surface area contributed by atoms with Crippen LogP contribution in [-0.2, 0) is 9.53 Å². The number of para-hydroxylation sites is 1. The molecule has 0 spiro atoms. The van der Waals surface area contributed by atoms with Gasteiger partial charge in [-0.15, -0.1) is 0 Å². The van der Waals surface area contributed by atoms with Crippen molar-refractivity contribution < 1.29 is 14.3 Å². The van der Waals surface area contributed by atoms with Crippen LogP contribution in [0, 0.1) is 0 Å². The van der Waals surface area contributed by atoms with Gasteiger partial charge in [-0.2, -0.15) is 0 Å². The highest BCUT2D eigenvalue weighted by Crippen LogP contribution is 2.28. The number of benzene rings is 1. The van der Waals surface area contributed by atoms with Crippen molar-refractivity contribution in [3.63, 3.8) is 0 Å². The Morgan fingerprint density at radius 1 is 1.38 bits per heavy atom. The van der Waals surface area contributed by atoms with Gasteiger partial charge >= 0.3 is 5.97 Å². The smallest absolute Gasteiger partial charge is 0.306 e. The summed E-state index contributed by atoms with van der Waals surface area (Å²) in [5.41, 5.74) is 1.04. The first kappa shape index (κ1) is 12.6. The molecule has 1 rings (SSSR count). The molecule has 0 bridgehead atoms. The molecule has 0 saturated carbocycles. The molecule has 16 heavy (non-hydrogen) atoms. The summed E-state index contributed by atoms with van der Waals surface area (Å²) in [7, 11) is 1.63. The van der Waals surface area contributed by atoms with Gasteiger partial charge in [-0.1, -0.05) is 25.1 Å². The molecule has 88 valence electrons. The summed E-state index contributed by atoms with van der Waals surface area (Å²) >= 11 is 0. The number of methoxy groups -OCH3 is 1. The molecular weight excluding hydrogens is 204 g/mol. The molecule has 0 aliphatic rings. The summed E-state index contributed by atoms with van der Waals surface area (Å²) in [6.07, 6.45) is 0.383. The van der Waals surface area contributed by atoms with E-state index >= 15 is 0 Å². The highest BCUT2D eigenvalue weighted by Gasteiger charge is 2.15. The first-order valence-corrected chi connectivity index (χ1v) is 5.47. The summed E-state index contributed by atoms with van der Waals surface area (Å²) in [6.45, 7) is 4.23. The van der Waals surface area contributed by atoms with Gasteiger partial charge in [0.25, 0.3) is 0 Å². The highest BCUT2D eigenvalue weighted by molar-refractivity contribution is 5.70. The van der Waals surface area contributed by atoms with E-state index in [-0.39, 0.29) is 11.9 Å². The minimum absolute atomic E-state index is 0.107. The van der Waals surface area contributed by atoms with E-state index in [1.54, 1.807) is 7.11 Å². The third-order valence-electron chi connectivity index (χ3n) is 2.45. The minimum Gasteiger partial charge on any atom is -0.496 e. The van der Waals surface area contributed by atoms with E-state index in [2.05, 4.69) is 0 Å². The predicted octanol–water partition coefficient (Wildman–Crippen LogP) is 2.75. The highest BCUT2D eigenvalue weighted by atomic mass is 16.5. The number of hydrogen-bond acceptors (Lipinski definition) is 3. The molecule has 0 amide bonds. The number of carbonyl (C=O) groups excluding carboxylic acids is 1. The zero-order valence-electron chi connectivity index (χ0n) is 10.0. The molecule has 1 atom stereocenters. The van der Waals surface area contributed by atoms with E-state index in [1.807, 2.05) is 38.1 Å². The Labute approximate surface area is 96.4 Å². The number of esters is 1. The number of ether oxygens (including phenoxy) is 2. The van der Waals surface area contributed by atoms with Gasteiger partial charge in [0, 0.05) is 0 Å². The number of hydrogen-bond donors (Lipinski definition) is 0. The van der Waals surface area contributed by atoms with Crippen LogP contribution in [-0.4, -0.2) is 19.7 Å². The van der Waals surface area contributed by atoms with Crippen molar-refractivity contribution in [3.8, 4) is 5.75 Å². The standard InChI is InChI=1S/C13H18O3/c1-4-16-13(14)9-10(2)11-7-5-6-8-12(11)15-3/h5-8,10H,4,9H2,1-3H3. The van der Waals surface area contributed by atoms with Gasteiger partial charge in [0.2, 0.25) is 0 Å². The summed E-state index contributed by atoms with van der Waals surface area (Å²) in [4.78, 5) is 11.4. The van der Waals surface area contributed by atoms with Gasteiger partial charge in [-0.25, -0.2) is 0 Å². The normalized spacial score (nSPS) is 11.9. The van der Waals surface area contributed by atoms with Crippen molar-refractivity contribution in [1.29, 1.82) is 0 Å². The molecule has 3 nitrogen and oxygen atoms in total. The molecule has 0 aliphatic heterocycles. The maximum atomic E-state index is 11.4. The van der Waals surface area contributed by atoms with Crippen molar-refractivity contribution in [3.05, 3.63) is 29.8 Å². The average Bonchev–Trinajstić information content (AvgIpc) is 2.29. The Kier molecular flexibility index (Phi) is 4.83. The quantitative estimate of drug-likeness (QED) is 0.719. The molecule has 3 heteroatoms. The molecule has 0 radical (unpaired) electrons. The van der Waals surface area contributed by atoms with Gasteiger partial charge in [0.1, 0.15) is 5.75 Å². The summed E-state index contributed by atoms with van der Waals surface area (Å²) in [5.74, 6) is 0.760. The Morgan fingerprint density at radius 3 is 2.69 bits per heavy atom. The Bertz CT molecular complexity index is 347. The van der Waals surface area contributed by atoms with Crippen molar-refractivity contribution >= 4 is 5.97 Å². The van der Waals surface area contributed by atoms with Crippen molar-refractivity contribution in [2.24, 2.45) is 0 Å². The van der Waals surface area contributed by atoms with Gasteiger partial charge in [0.15, 0.2) is 0 Å². The Morgan fingerprint density at radius 2 is 2.06 bits per heavy atom. The molecule has 1 aromatic rings. The number of carbonyl (C=O) groups is 1. The van der Waals surface area contributed by atoms with E-state index < -0.39 is 0 Å². The van der Waals surface area contributed by atoms with E-state index in [0.717, 1.165) is 11.3 Å². The maximum absolute atomic E-state index is 11.4. The average molecular weight is 222 g/mol. The molecule has 0 fully saturated rings. The van der Waals surface area contributed by atoms with Crippen LogP contribution in [0.4, 0.5) is 0 Å². The lowest BCUT2D eigenvalue weighted by Crippen LogP contribution is -2.09. The zero-order valence-corrected chi connectivity index (χ0v) is 10.0. The molecule has 1 unspecified atom stereocenters. The molecular formula is C13H18O3. The lowest BCUT2D eigenvalue weighted by Gasteiger charge is -2.14. The molecule has 0 saturated heterocycles. The van der Waals surface area contributed by atoms with Crippen molar-refractivity contribution in [2.45, 2.75) is 26.2 Å². The van der Waals surface area contributed by atoms with Crippen LogP contribution < -0.4 is 4.74 Å². The zero-order chi connectivity index (χ0) is 12.0. The van der Waals surface area contributed by atoms with Crippen LogP contribution >= 0.6 is 0 Å². The Hall–Kier alpha value is -1.51. The lowest BCUT2D eigenvalue weighted by molar-refractivity contribution is -0.143. The third kappa shape index (κ3) is 3.26. The van der Waals surface area contributed by atoms with E-state index in [1.165, 1.54) is 0 Å². The largest absolute Gasteiger partial charge is 0.496 e. The molecule has 0 aliphatic carbocycles. The van der Waals surface area contributed by atoms with Gasteiger partial charge in [0.05, 0.1) is 20.1 Å². The minimum atomic E-state index is -0.166. The van der Waals surface area contributed by atoms with Crippen molar-refractivity contribution in [1.82, 2.24) is 0 Å². The first-order chi connectivity index (χ1) is 7.69. The maximum Gasteiger partial charge on any atom is 0.306 e. The van der Waals surface area contributed by atoms with E-state index in [9.17, 15) is 4.79 Å². The van der Waals surface area contributed by atoms with Crippen LogP contribution in [0.1, 0.15) is 31.7 Å². The second-order valence-corrected chi connectivity index (χ2v) is 3.65. The molecule has 1 aromatic carbocycles. The van der Waals surface area contributed by atoms with Crippen LogP contribution in [0.5, 0.6) is 5.75 Å². The summed E-state index contributed by atoms with van der Waals surface area (Å²) in [6, 6.07) is 7.73. The third-order valence-corrected chi connectivity index (χ3v) is 2.45. The first-order valence-electron chi connectivity index (χ1n) is 5.47. The summed E-state index contributed by atoms with van der Waals surface area (Å²) < 4.78 is 10.2. The monoisotopic (exact) mass is 222 g/mol. The fraction of sp³-hybridized carbons (Fsp3) is 0.462. The molecule has 0 heterocycles. The van der Waals surface area contributed by atoms with Crippen LogP contribution in [0.25, 0.3) is 0 Å². The number of rotatable bonds is 5. The van der Waals surface area contributed by atoms with E-state index in [0.29, 0.717) is 13.0 Å². The van der Waals surface area contributed by atoms with E-state index in [4.69, 9.17) is 9.47 Å². The topological polar surface area (TPSA) is 35.5 Å². The SMILES string of the molecule is CCOC(=O)CC(C)c1ccccc1OC. The van der Waals surface area contributed by atoms with Crippen LogP contribution in [0.15, 0.2) is 24.3 Å². The second kappa shape index (κ2) is 6.16. The predicted molar refractivity (Wildman–Crippen MR) is 62.7 cm³/mol. The van der Waals surface area contributed by atoms with Crippen LogP contribution in [0.2, 0.25) is 0 Å². The van der Waals surface area contributed by atoms with Gasteiger partial charge < -0.3 is 9.47 Å². The Balaban J connectivity index is 2.72. The molecule has 0 aromatic heterocycles. The van der Waals surface area contributed by atoms with Gasteiger partial charge in [-0.05, 0) is 24.5 Å². The fourth-order valence-electron chi connectivity index (χ4n) is 1.65. The second-order valence-electron chi connectivity index (χ2n) is 3.65. The summed E-state index contributed by atoms with van der Waals surface area (Å²) in [5, 5.41) is 0. The van der Waals surface area contributed by atoms with Crippen molar-refractivity contribution in [2.75, 3.05) is 13.7 Å². The van der Waals surface area contributed by atoms with Gasteiger partial charge in [-0.3, -0.25) is 4.79 Å². The molecule has 0 N–H and O–H groups in total. The van der Waals surface area contributed by atoms with Crippen LogP contribution in [0.3, 0.4) is 0 Å². The lowest BCUT2D eigenvalue weighted by atomic mass is 9.97.